The number of amides is 1. The molecule has 0 atom stereocenters. The van der Waals surface area contributed by atoms with E-state index in [2.05, 4.69) is 4.72 Å². The number of hydrogen-bond donors (Lipinski definition) is 2. The quantitative estimate of drug-likeness (QED) is 0.687. The first-order chi connectivity index (χ1) is 11.3. The van der Waals surface area contributed by atoms with Crippen LogP contribution in [0.4, 0.5) is 4.39 Å². The first-order valence-electron chi connectivity index (χ1n) is 7.08. The second-order valence-electron chi connectivity index (χ2n) is 5.08. The molecule has 0 unspecified atom stereocenters. The molecule has 1 amide bonds. The van der Waals surface area contributed by atoms with Crippen LogP contribution in [0.3, 0.4) is 0 Å². The molecule has 1 aromatic carbocycles. The molecule has 24 heavy (non-hydrogen) atoms. The van der Waals surface area contributed by atoms with Gasteiger partial charge < -0.3 is 10.3 Å². The van der Waals surface area contributed by atoms with Crippen molar-refractivity contribution >= 4 is 27.7 Å². The Hall–Kier alpha value is -1.84. The highest BCUT2D eigenvalue weighted by atomic mass is 32.2. The summed E-state index contributed by atoms with van der Waals surface area (Å²) in [7, 11) is -2.17. The Labute approximate surface area is 144 Å². The van der Waals surface area contributed by atoms with Gasteiger partial charge in [0.25, 0.3) is 5.91 Å². The second-order valence-corrected chi connectivity index (χ2v) is 7.95. The summed E-state index contributed by atoms with van der Waals surface area (Å²) in [5.41, 5.74) is 5.87. The Balaban J connectivity index is 1.86. The van der Waals surface area contributed by atoms with E-state index in [4.69, 9.17) is 5.73 Å². The molecule has 0 bridgehead atoms. The van der Waals surface area contributed by atoms with E-state index in [0.717, 1.165) is 0 Å². The minimum absolute atomic E-state index is 0.0158. The van der Waals surface area contributed by atoms with Gasteiger partial charge >= 0.3 is 0 Å². The number of nitrogens with two attached hydrogens (primary N) is 1. The van der Waals surface area contributed by atoms with Crippen LogP contribution in [0.15, 0.2) is 41.4 Å². The molecule has 0 aliphatic carbocycles. The topological polar surface area (TPSA) is 94.2 Å². The summed E-state index contributed by atoms with van der Waals surface area (Å²) >= 11 is 1.42. The Kier molecular flexibility index (Phi) is 6.03. The number of nitrogens with one attached hydrogen (secondary N) is 1. The molecular formula is C15H18FN3O3S2. The maximum absolute atomic E-state index is 13.4. The van der Waals surface area contributed by atoms with Gasteiger partial charge in [-0.15, -0.1) is 0 Å². The van der Waals surface area contributed by atoms with Crippen LogP contribution in [0.5, 0.6) is 0 Å². The monoisotopic (exact) mass is 371 g/mol. The van der Waals surface area contributed by atoms with Crippen molar-refractivity contribution in [3.63, 3.8) is 0 Å². The number of primary amides is 1. The molecule has 1 heterocycles. The number of benzene rings is 1. The largest absolute Gasteiger partial charge is 0.364 e. The predicted molar refractivity (Wildman–Crippen MR) is 91.7 cm³/mol. The van der Waals surface area contributed by atoms with Gasteiger partial charge in [0.15, 0.2) is 0 Å². The van der Waals surface area contributed by atoms with Crippen molar-refractivity contribution in [2.75, 3.05) is 12.3 Å². The molecule has 0 aliphatic heterocycles. The number of carbonyl (C=O) groups is 1. The highest BCUT2D eigenvalue weighted by molar-refractivity contribution is 7.98. The van der Waals surface area contributed by atoms with Crippen LogP contribution < -0.4 is 10.5 Å². The number of thioether (sulfide) groups is 1. The lowest BCUT2D eigenvalue weighted by molar-refractivity contribution is 0.0992. The van der Waals surface area contributed by atoms with Crippen molar-refractivity contribution in [2.45, 2.75) is 10.6 Å². The standard InChI is InChI=1S/C15H18FN3O3S2/c1-19-9-12(8-14(19)15(17)20)24(21,22)18-6-7-23-10-11-4-2-3-5-13(11)16/h2-5,8-9,18H,6-7,10H2,1H3,(H2,17,20). The Morgan fingerprint density at radius 3 is 2.71 bits per heavy atom. The fourth-order valence-corrected chi connectivity index (χ4v) is 4.13. The fourth-order valence-electron chi connectivity index (χ4n) is 2.06. The molecule has 2 rings (SSSR count). The van der Waals surface area contributed by atoms with Crippen molar-refractivity contribution in [2.24, 2.45) is 12.8 Å². The molecule has 9 heteroatoms. The zero-order valence-corrected chi connectivity index (χ0v) is 14.7. The second kappa shape index (κ2) is 7.82. The molecule has 0 saturated heterocycles. The molecule has 2 aromatic rings. The fraction of sp³-hybridized carbons (Fsp3) is 0.267. The third-order valence-electron chi connectivity index (χ3n) is 3.30. The van der Waals surface area contributed by atoms with Crippen molar-refractivity contribution in [1.82, 2.24) is 9.29 Å². The van der Waals surface area contributed by atoms with Gasteiger partial charge in [0, 0.05) is 31.3 Å². The summed E-state index contributed by atoms with van der Waals surface area (Å²) in [6, 6.07) is 7.70. The first-order valence-corrected chi connectivity index (χ1v) is 9.72. The average Bonchev–Trinajstić information content (AvgIpc) is 2.92. The molecule has 6 nitrogen and oxygen atoms in total. The summed E-state index contributed by atoms with van der Waals surface area (Å²) < 4.78 is 41.6. The molecule has 0 aliphatic rings. The lowest BCUT2D eigenvalue weighted by Gasteiger charge is -2.05. The van der Waals surface area contributed by atoms with Gasteiger partial charge in [-0.2, -0.15) is 11.8 Å². The maximum Gasteiger partial charge on any atom is 0.265 e. The van der Waals surface area contributed by atoms with Gasteiger partial charge in [0.05, 0.1) is 0 Å². The van der Waals surface area contributed by atoms with E-state index < -0.39 is 15.9 Å². The SMILES string of the molecule is Cn1cc(S(=O)(=O)NCCSCc2ccccc2F)cc1C(N)=O. The van der Waals surface area contributed by atoms with E-state index in [-0.39, 0.29) is 23.0 Å². The molecule has 0 radical (unpaired) electrons. The van der Waals surface area contributed by atoms with Crippen molar-refractivity contribution < 1.29 is 17.6 Å². The van der Waals surface area contributed by atoms with Gasteiger partial charge in [0.2, 0.25) is 10.0 Å². The van der Waals surface area contributed by atoms with Crippen LogP contribution in [0.1, 0.15) is 16.1 Å². The first kappa shape index (κ1) is 18.5. The number of carbonyl (C=O) groups excluding carboxylic acids is 1. The number of rotatable bonds is 8. The highest BCUT2D eigenvalue weighted by Gasteiger charge is 2.18. The van der Waals surface area contributed by atoms with Crippen LogP contribution in [0, 0.1) is 5.82 Å². The Morgan fingerprint density at radius 1 is 1.38 bits per heavy atom. The van der Waals surface area contributed by atoms with Gasteiger partial charge in [-0.3, -0.25) is 4.79 Å². The summed E-state index contributed by atoms with van der Waals surface area (Å²) in [4.78, 5) is 11.2. The highest BCUT2D eigenvalue weighted by Crippen LogP contribution is 2.16. The number of aryl methyl sites for hydroxylation is 1. The van der Waals surface area contributed by atoms with Gasteiger partial charge in [-0.05, 0) is 17.7 Å². The number of nitrogens with zero attached hydrogens (tertiary/aromatic N) is 1. The minimum atomic E-state index is -3.71. The zero-order chi connectivity index (χ0) is 17.7. The molecule has 1 aromatic heterocycles. The third kappa shape index (κ3) is 4.59. The van der Waals surface area contributed by atoms with Crippen molar-refractivity contribution in [1.29, 1.82) is 0 Å². The van der Waals surface area contributed by atoms with E-state index in [0.29, 0.717) is 17.1 Å². The van der Waals surface area contributed by atoms with Crippen LogP contribution in [-0.4, -0.2) is 31.2 Å². The summed E-state index contributed by atoms with van der Waals surface area (Å²) in [5.74, 6) is -0.0116. The van der Waals surface area contributed by atoms with Gasteiger partial charge in [0.1, 0.15) is 16.4 Å². The van der Waals surface area contributed by atoms with Gasteiger partial charge in [-0.25, -0.2) is 17.5 Å². The predicted octanol–water partition coefficient (Wildman–Crippen LogP) is 1.47. The molecule has 3 N–H and O–H groups in total. The average molecular weight is 371 g/mol. The Bertz CT molecular complexity index is 834. The number of sulfonamides is 1. The number of aromatic nitrogens is 1. The normalized spacial score (nSPS) is 11.6. The number of hydrogen-bond acceptors (Lipinski definition) is 4. The lowest BCUT2D eigenvalue weighted by atomic mass is 10.2. The molecule has 130 valence electrons. The zero-order valence-electron chi connectivity index (χ0n) is 13.0. The Morgan fingerprint density at radius 2 is 2.08 bits per heavy atom. The van der Waals surface area contributed by atoms with Crippen LogP contribution in [0.2, 0.25) is 0 Å². The summed E-state index contributed by atoms with van der Waals surface area (Å²) in [6.07, 6.45) is 1.33. The van der Waals surface area contributed by atoms with Crippen molar-refractivity contribution in [3.05, 3.63) is 53.6 Å². The van der Waals surface area contributed by atoms with E-state index >= 15 is 0 Å². The van der Waals surface area contributed by atoms with E-state index in [9.17, 15) is 17.6 Å². The van der Waals surface area contributed by atoms with E-state index in [1.807, 2.05) is 0 Å². The molecule has 0 saturated carbocycles. The van der Waals surface area contributed by atoms with Gasteiger partial charge in [-0.1, -0.05) is 18.2 Å². The van der Waals surface area contributed by atoms with Crippen LogP contribution in [0.25, 0.3) is 0 Å². The maximum atomic E-state index is 13.4. The third-order valence-corrected chi connectivity index (χ3v) is 5.73. The van der Waals surface area contributed by atoms with Crippen molar-refractivity contribution in [3.8, 4) is 0 Å². The smallest absolute Gasteiger partial charge is 0.265 e. The van der Waals surface area contributed by atoms with E-state index in [1.165, 1.54) is 34.7 Å². The lowest BCUT2D eigenvalue weighted by Crippen LogP contribution is -2.25. The van der Waals surface area contributed by atoms with Crippen LogP contribution >= 0.6 is 11.8 Å². The summed E-state index contributed by atoms with van der Waals surface area (Å²) in [5, 5.41) is 0. The number of halogens is 1. The van der Waals surface area contributed by atoms with Crippen LogP contribution in [-0.2, 0) is 22.8 Å². The summed E-state index contributed by atoms with van der Waals surface area (Å²) in [6.45, 7) is 0.197. The molecular weight excluding hydrogens is 353 g/mol. The minimum Gasteiger partial charge on any atom is -0.364 e. The molecule has 0 spiro atoms. The molecule has 0 fully saturated rings. The van der Waals surface area contributed by atoms with E-state index in [1.54, 1.807) is 25.2 Å².